The van der Waals surface area contributed by atoms with Gasteiger partial charge in [0.25, 0.3) is 5.91 Å². The molecule has 0 atom stereocenters. The van der Waals surface area contributed by atoms with Crippen LogP contribution in [0, 0.1) is 6.92 Å². The number of halogens is 1. The highest BCUT2D eigenvalue weighted by molar-refractivity contribution is 6.32. The van der Waals surface area contributed by atoms with Crippen molar-refractivity contribution in [1.82, 2.24) is 20.0 Å². The van der Waals surface area contributed by atoms with Crippen molar-refractivity contribution in [2.24, 2.45) is 0 Å². The zero-order valence-corrected chi connectivity index (χ0v) is 15.7. The first-order chi connectivity index (χ1) is 12.5. The Balaban J connectivity index is 1.99. The first-order valence-corrected chi connectivity index (χ1v) is 8.68. The summed E-state index contributed by atoms with van der Waals surface area (Å²) in [5.74, 6) is 1.17. The van der Waals surface area contributed by atoms with Crippen molar-refractivity contribution in [3.63, 3.8) is 0 Å². The molecule has 3 aromatic rings. The molecular formula is C19H21ClN4O2. The topological polar surface area (TPSA) is 63.3 Å². The third kappa shape index (κ3) is 3.98. The number of amides is 1. The van der Waals surface area contributed by atoms with Crippen LogP contribution in [0.15, 0.2) is 46.9 Å². The number of hydrogen-bond acceptors (Lipinski definition) is 4. The Morgan fingerprint density at radius 2 is 2.04 bits per heavy atom. The second-order valence-electron chi connectivity index (χ2n) is 6.25. The second-order valence-corrected chi connectivity index (χ2v) is 6.65. The molecule has 1 N–H and O–H groups in total. The smallest absolute Gasteiger partial charge is 0.270 e. The van der Waals surface area contributed by atoms with Crippen LogP contribution in [0.3, 0.4) is 0 Å². The van der Waals surface area contributed by atoms with Gasteiger partial charge in [0.05, 0.1) is 10.7 Å². The number of benzene rings is 1. The largest absolute Gasteiger partial charge is 0.460 e. The summed E-state index contributed by atoms with van der Waals surface area (Å²) in [5, 5.41) is 7.99. The van der Waals surface area contributed by atoms with Crippen molar-refractivity contribution >= 4 is 17.5 Å². The molecule has 0 saturated carbocycles. The quantitative estimate of drug-likeness (QED) is 0.720. The van der Waals surface area contributed by atoms with Gasteiger partial charge in [0, 0.05) is 19.2 Å². The van der Waals surface area contributed by atoms with Gasteiger partial charge in [-0.2, -0.15) is 5.10 Å². The standard InChI is InChI=1S/C19H21ClN4O2/c1-13-8-9-18(26-13)15-12-17(19(25)21-10-11-23(2)3)24(22-15)16-7-5-4-6-14(16)20/h4-9,12H,10-11H2,1-3H3,(H,21,25). The molecular weight excluding hydrogens is 352 g/mol. The van der Waals surface area contributed by atoms with E-state index >= 15 is 0 Å². The van der Waals surface area contributed by atoms with Gasteiger partial charge in [-0.15, -0.1) is 0 Å². The van der Waals surface area contributed by atoms with E-state index in [0.29, 0.717) is 34.4 Å². The molecule has 0 spiro atoms. The van der Waals surface area contributed by atoms with Crippen molar-refractivity contribution in [3.05, 3.63) is 58.9 Å². The summed E-state index contributed by atoms with van der Waals surface area (Å²) in [6.45, 7) is 3.15. The predicted molar refractivity (Wildman–Crippen MR) is 102 cm³/mol. The Bertz CT molecular complexity index is 914. The molecule has 0 unspecified atom stereocenters. The second kappa shape index (κ2) is 7.76. The van der Waals surface area contributed by atoms with Crippen molar-refractivity contribution in [2.45, 2.75) is 6.92 Å². The fraction of sp³-hybridized carbons (Fsp3) is 0.263. The number of nitrogens with zero attached hydrogens (tertiary/aromatic N) is 3. The number of para-hydroxylation sites is 1. The van der Waals surface area contributed by atoms with Gasteiger partial charge in [0.15, 0.2) is 5.76 Å². The van der Waals surface area contributed by atoms with Crippen LogP contribution in [0.2, 0.25) is 5.02 Å². The summed E-state index contributed by atoms with van der Waals surface area (Å²) in [6, 6.07) is 12.7. The van der Waals surface area contributed by atoms with Crippen molar-refractivity contribution < 1.29 is 9.21 Å². The zero-order chi connectivity index (χ0) is 18.7. The average Bonchev–Trinajstić information content (AvgIpc) is 3.21. The minimum atomic E-state index is -0.214. The van der Waals surface area contributed by atoms with Gasteiger partial charge < -0.3 is 14.6 Å². The number of hydrogen-bond donors (Lipinski definition) is 1. The number of carbonyl (C=O) groups excluding carboxylic acids is 1. The van der Waals surface area contributed by atoms with Crippen LogP contribution in [0.4, 0.5) is 0 Å². The third-order valence-corrected chi connectivity index (χ3v) is 4.18. The molecule has 0 radical (unpaired) electrons. The van der Waals surface area contributed by atoms with E-state index < -0.39 is 0 Å². The van der Waals surface area contributed by atoms with Crippen LogP contribution in [-0.2, 0) is 0 Å². The van der Waals surface area contributed by atoms with E-state index in [1.54, 1.807) is 16.8 Å². The first kappa shape index (κ1) is 18.2. The van der Waals surface area contributed by atoms with Crippen LogP contribution in [0.25, 0.3) is 17.1 Å². The van der Waals surface area contributed by atoms with E-state index in [1.807, 2.05) is 56.3 Å². The molecule has 0 bridgehead atoms. The van der Waals surface area contributed by atoms with Crippen LogP contribution in [0.5, 0.6) is 0 Å². The lowest BCUT2D eigenvalue weighted by atomic mass is 10.2. The molecule has 0 aliphatic rings. The van der Waals surface area contributed by atoms with E-state index in [0.717, 1.165) is 12.3 Å². The summed E-state index contributed by atoms with van der Waals surface area (Å²) >= 11 is 6.32. The van der Waals surface area contributed by atoms with Crippen LogP contribution < -0.4 is 5.32 Å². The predicted octanol–water partition coefficient (Wildman–Crippen LogP) is 3.39. The number of carbonyl (C=O) groups is 1. The number of likely N-dealkylation sites (N-methyl/N-ethyl adjacent to an activating group) is 1. The van der Waals surface area contributed by atoms with Gasteiger partial charge in [-0.25, -0.2) is 4.68 Å². The summed E-state index contributed by atoms with van der Waals surface area (Å²) in [4.78, 5) is 14.7. The molecule has 3 rings (SSSR count). The first-order valence-electron chi connectivity index (χ1n) is 8.30. The monoisotopic (exact) mass is 372 g/mol. The van der Waals surface area contributed by atoms with Gasteiger partial charge in [-0.1, -0.05) is 23.7 Å². The molecule has 2 aromatic heterocycles. The van der Waals surface area contributed by atoms with Crippen LogP contribution >= 0.6 is 11.6 Å². The Kier molecular flexibility index (Phi) is 5.44. The van der Waals surface area contributed by atoms with Gasteiger partial charge in [-0.05, 0) is 45.3 Å². The van der Waals surface area contributed by atoms with Gasteiger partial charge in [-0.3, -0.25) is 4.79 Å². The minimum Gasteiger partial charge on any atom is -0.460 e. The molecule has 0 aliphatic carbocycles. The van der Waals surface area contributed by atoms with E-state index in [-0.39, 0.29) is 5.91 Å². The highest BCUT2D eigenvalue weighted by atomic mass is 35.5. The van der Waals surface area contributed by atoms with Crippen LogP contribution in [-0.4, -0.2) is 47.8 Å². The lowest BCUT2D eigenvalue weighted by Crippen LogP contribution is -2.32. The fourth-order valence-corrected chi connectivity index (χ4v) is 2.74. The van der Waals surface area contributed by atoms with E-state index in [2.05, 4.69) is 10.4 Å². The maximum atomic E-state index is 12.7. The molecule has 2 heterocycles. The Labute approximate surface area is 157 Å². The van der Waals surface area contributed by atoms with E-state index in [4.69, 9.17) is 16.0 Å². The molecule has 136 valence electrons. The number of aryl methyl sites for hydroxylation is 1. The van der Waals surface area contributed by atoms with Gasteiger partial charge >= 0.3 is 0 Å². The number of furan rings is 1. The highest BCUT2D eigenvalue weighted by Crippen LogP contribution is 2.26. The SMILES string of the molecule is Cc1ccc(-c2cc(C(=O)NCCN(C)C)n(-c3ccccc3Cl)n2)o1. The summed E-state index contributed by atoms with van der Waals surface area (Å²) in [6.07, 6.45) is 0. The molecule has 6 nitrogen and oxygen atoms in total. The van der Waals surface area contributed by atoms with E-state index in [1.165, 1.54) is 0 Å². The molecule has 0 aliphatic heterocycles. The van der Waals surface area contributed by atoms with Gasteiger partial charge in [0.2, 0.25) is 0 Å². The van der Waals surface area contributed by atoms with Crippen molar-refractivity contribution in [2.75, 3.05) is 27.2 Å². The average molecular weight is 373 g/mol. The lowest BCUT2D eigenvalue weighted by molar-refractivity contribution is 0.0943. The maximum absolute atomic E-state index is 12.7. The zero-order valence-electron chi connectivity index (χ0n) is 15.0. The maximum Gasteiger partial charge on any atom is 0.270 e. The number of aromatic nitrogens is 2. The Morgan fingerprint density at radius 3 is 2.69 bits per heavy atom. The summed E-state index contributed by atoms with van der Waals surface area (Å²) in [7, 11) is 3.91. The fourth-order valence-electron chi connectivity index (χ4n) is 2.53. The molecule has 7 heteroatoms. The summed E-state index contributed by atoms with van der Waals surface area (Å²) in [5.41, 5.74) is 1.62. The Hall–Kier alpha value is -2.57. The van der Waals surface area contributed by atoms with Crippen LogP contribution in [0.1, 0.15) is 16.2 Å². The number of rotatable bonds is 6. The minimum absolute atomic E-state index is 0.214. The molecule has 1 amide bonds. The molecule has 26 heavy (non-hydrogen) atoms. The highest BCUT2D eigenvalue weighted by Gasteiger charge is 2.20. The molecule has 0 saturated heterocycles. The Morgan fingerprint density at radius 1 is 1.27 bits per heavy atom. The summed E-state index contributed by atoms with van der Waals surface area (Å²) < 4.78 is 7.21. The lowest BCUT2D eigenvalue weighted by Gasteiger charge is -2.12. The van der Waals surface area contributed by atoms with Crippen molar-refractivity contribution in [1.29, 1.82) is 0 Å². The molecule has 0 fully saturated rings. The molecule has 1 aromatic carbocycles. The van der Waals surface area contributed by atoms with Crippen molar-refractivity contribution in [3.8, 4) is 17.1 Å². The normalized spacial score (nSPS) is 11.1. The number of nitrogens with one attached hydrogen (secondary N) is 1. The van der Waals surface area contributed by atoms with Gasteiger partial charge in [0.1, 0.15) is 17.1 Å². The van der Waals surface area contributed by atoms with E-state index in [9.17, 15) is 4.79 Å². The third-order valence-electron chi connectivity index (χ3n) is 3.86.